The summed E-state index contributed by atoms with van der Waals surface area (Å²) in [7, 11) is -3.77. The van der Waals surface area contributed by atoms with Gasteiger partial charge >= 0.3 is 0 Å². The minimum absolute atomic E-state index is 0.00481. The molecule has 0 aliphatic rings. The van der Waals surface area contributed by atoms with Crippen LogP contribution in [0.1, 0.15) is 11.1 Å². The van der Waals surface area contributed by atoms with Gasteiger partial charge in [-0.15, -0.1) is 0 Å². The number of hydrogen-bond acceptors (Lipinski definition) is 4. The highest BCUT2D eigenvalue weighted by atomic mass is 79.9. The molecular formula is C15H15BrN2O4S. The highest BCUT2D eigenvalue weighted by Crippen LogP contribution is 2.22. The first-order valence-electron chi connectivity index (χ1n) is 6.61. The lowest BCUT2D eigenvalue weighted by molar-refractivity contribution is -0.120. The molecule has 0 heterocycles. The molecule has 0 saturated heterocycles. The Morgan fingerprint density at radius 3 is 2.61 bits per heavy atom. The normalized spacial score (nSPS) is 11.2. The van der Waals surface area contributed by atoms with Gasteiger partial charge in [0.05, 0.1) is 11.3 Å². The van der Waals surface area contributed by atoms with Crippen molar-refractivity contribution in [3.63, 3.8) is 0 Å². The van der Waals surface area contributed by atoms with Gasteiger partial charge in [0.2, 0.25) is 15.9 Å². The first-order valence-corrected chi connectivity index (χ1v) is 8.95. The Morgan fingerprint density at radius 1 is 1.22 bits per heavy atom. The maximum Gasteiger partial charge on any atom is 0.238 e. The van der Waals surface area contributed by atoms with Gasteiger partial charge in [0.25, 0.3) is 0 Å². The van der Waals surface area contributed by atoms with Gasteiger partial charge in [-0.05, 0) is 29.8 Å². The number of rotatable bonds is 5. The summed E-state index contributed by atoms with van der Waals surface area (Å²) in [5.74, 6) is -0.255. The number of sulfonamides is 1. The number of amides is 1. The van der Waals surface area contributed by atoms with Crippen LogP contribution >= 0.6 is 15.9 Å². The van der Waals surface area contributed by atoms with Crippen molar-refractivity contribution in [1.82, 2.24) is 5.32 Å². The van der Waals surface area contributed by atoms with E-state index in [-0.39, 0.29) is 29.5 Å². The second-order valence-electron chi connectivity index (χ2n) is 4.92. The zero-order valence-electron chi connectivity index (χ0n) is 12.0. The van der Waals surface area contributed by atoms with Crippen LogP contribution < -0.4 is 10.5 Å². The van der Waals surface area contributed by atoms with E-state index < -0.39 is 10.0 Å². The number of aromatic hydroxyl groups is 1. The molecule has 4 N–H and O–H groups in total. The van der Waals surface area contributed by atoms with Gasteiger partial charge in [-0.25, -0.2) is 13.6 Å². The zero-order chi connectivity index (χ0) is 17.0. The van der Waals surface area contributed by atoms with Crippen LogP contribution in [-0.4, -0.2) is 19.4 Å². The summed E-state index contributed by atoms with van der Waals surface area (Å²) in [4.78, 5) is 11.9. The van der Waals surface area contributed by atoms with E-state index in [1.165, 1.54) is 18.2 Å². The minimum atomic E-state index is -3.77. The molecule has 0 fully saturated rings. The number of hydrogen-bond donors (Lipinski definition) is 3. The van der Waals surface area contributed by atoms with Crippen molar-refractivity contribution in [2.75, 3.05) is 0 Å². The molecule has 6 nitrogen and oxygen atoms in total. The van der Waals surface area contributed by atoms with Crippen LogP contribution in [0.4, 0.5) is 0 Å². The van der Waals surface area contributed by atoms with Crippen LogP contribution in [0.3, 0.4) is 0 Å². The minimum Gasteiger partial charge on any atom is -0.508 e. The van der Waals surface area contributed by atoms with Gasteiger partial charge in [-0.1, -0.05) is 34.1 Å². The molecule has 0 aliphatic carbocycles. The Kier molecular flexibility index (Phi) is 5.40. The van der Waals surface area contributed by atoms with Crippen molar-refractivity contribution in [2.24, 2.45) is 5.14 Å². The third kappa shape index (κ3) is 5.05. The quantitative estimate of drug-likeness (QED) is 0.710. The summed E-state index contributed by atoms with van der Waals surface area (Å²) < 4.78 is 23.3. The molecular weight excluding hydrogens is 384 g/mol. The van der Waals surface area contributed by atoms with Crippen molar-refractivity contribution < 1.29 is 18.3 Å². The molecule has 2 rings (SSSR count). The molecule has 8 heteroatoms. The number of phenols is 1. The van der Waals surface area contributed by atoms with E-state index in [4.69, 9.17) is 5.14 Å². The van der Waals surface area contributed by atoms with Crippen molar-refractivity contribution in [2.45, 2.75) is 17.9 Å². The zero-order valence-corrected chi connectivity index (χ0v) is 14.4. The summed E-state index contributed by atoms with van der Waals surface area (Å²) in [6, 6.07) is 10.9. The maximum absolute atomic E-state index is 11.9. The lowest BCUT2D eigenvalue weighted by atomic mass is 10.1. The lowest BCUT2D eigenvalue weighted by Crippen LogP contribution is -2.24. The van der Waals surface area contributed by atoms with Crippen LogP contribution in [0.15, 0.2) is 51.8 Å². The van der Waals surface area contributed by atoms with Crippen LogP contribution in [0, 0.1) is 0 Å². The number of halogens is 1. The molecule has 2 aromatic carbocycles. The van der Waals surface area contributed by atoms with Gasteiger partial charge in [0.15, 0.2) is 0 Å². The molecule has 2 aromatic rings. The Hall–Kier alpha value is -1.90. The van der Waals surface area contributed by atoms with Crippen molar-refractivity contribution >= 4 is 31.9 Å². The molecule has 0 aromatic heterocycles. The first kappa shape index (κ1) is 17.5. The number of carbonyl (C=O) groups is 1. The number of carbonyl (C=O) groups excluding carboxylic acids is 1. The predicted molar refractivity (Wildman–Crippen MR) is 89.2 cm³/mol. The molecule has 0 unspecified atom stereocenters. The molecule has 0 spiro atoms. The van der Waals surface area contributed by atoms with Crippen LogP contribution in [0.2, 0.25) is 0 Å². The topological polar surface area (TPSA) is 109 Å². The van der Waals surface area contributed by atoms with Gasteiger partial charge in [-0.2, -0.15) is 0 Å². The molecule has 0 radical (unpaired) electrons. The van der Waals surface area contributed by atoms with Crippen LogP contribution in [0.5, 0.6) is 5.75 Å². The summed E-state index contributed by atoms with van der Waals surface area (Å²) in [6.07, 6.45) is 0.0218. The molecule has 0 atom stereocenters. The Morgan fingerprint density at radius 2 is 1.96 bits per heavy atom. The smallest absolute Gasteiger partial charge is 0.238 e. The Balaban J connectivity index is 1.99. The van der Waals surface area contributed by atoms with Crippen LogP contribution in [-0.2, 0) is 27.8 Å². The fourth-order valence-corrected chi connectivity index (χ4v) is 2.89. The monoisotopic (exact) mass is 398 g/mol. The van der Waals surface area contributed by atoms with Crippen LogP contribution in [0.25, 0.3) is 0 Å². The lowest BCUT2D eigenvalue weighted by Gasteiger charge is -2.08. The maximum atomic E-state index is 11.9. The van der Waals surface area contributed by atoms with Gasteiger partial charge in [0, 0.05) is 16.6 Å². The molecule has 1 amide bonds. The SMILES string of the molecule is NS(=O)(=O)c1cccc(CNC(=O)Cc2ccc(Br)cc2O)c1. The molecule has 23 heavy (non-hydrogen) atoms. The number of primary sulfonamides is 1. The van der Waals surface area contributed by atoms with Crippen molar-refractivity contribution in [3.05, 3.63) is 58.1 Å². The van der Waals surface area contributed by atoms with Gasteiger partial charge < -0.3 is 10.4 Å². The second-order valence-corrected chi connectivity index (χ2v) is 7.40. The van der Waals surface area contributed by atoms with Crippen molar-refractivity contribution in [3.8, 4) is 5.75 Å². The fourth-order valence-electron chi connectivity index (χ4n) is 1.96. The van der Waals surface area contributed by atoms with E-state index in [0.29, 0.717) is 11.1 Å². The number of nitrogens with two attached hydrogens (primary N) is 1. The largest absolute Gasteiger partial charge is 0.508 e. The molecule has 122 valence electrons. The molecule has 0 saturated carbocycles. The summed E-state index contributed by atoms with van der Waals surface area (Å²) >= 11 is 3.23. The average Bonchev–Trinajstić information content (AvgIpc) is 2.47. The van der Waals surface area contributed by atoms with Gasteiger partial charge in [-0.3, -0.25) is 4.79 Å². The number of benzene rings is 2. The first-order chi connectivity index (χ1) is 10.8. The average molecular weight is 399 g/mol. The highest BCUT2D eigenvalue weighted by molar-refractivity contribution is 9.10. The number of nitrogens with one attached hydrogen (secondary N) is 1. The second kappa shape index (κ2) is 7.12. The van der Waals surface area contributed by atoms with E-state index in [0.717, 1.165) is 4.47 Å². The third-order valence-corrected chi connectivity index (χ3v) is 4.52. The Bertz CT molecular complexity index is 837. The number of phenolic OH excluding ortho intramolecular Hbond substituents is 1. The van der Waals surface area contributed by atoms with E-state index in [9.17, 15) is 18.3 Å². The van der Waals surface area contributed by atoms with E-state index in [1.807, 2.05) is 0 Å². The predicted octanol–water partition coefficient (Wildman–Crippen LogP) is 1.66. The van der Waals surface area contributed by atoms with E-state index >= 15 is 0 Å². The highest BCUT2D eigenvalue weighted by Gasteiger charge is 2.10. The standard InChI is InChI=1S/C15H15BrN2O4S/c16-12-5-4-11(14(19)8-12)7-15(20)18-9-10-2-1-3-13(6-10)23(17,21)22/h1-6,8,19H,7,9H2,(H,18,20)(H2,17,21,22). The van der Waals surface area contributed by atoms with Gasteiger partial charge in [0.1, 0.15) is 5.75 Å². The summed E-state index contributed by atoms with van der Waals surface area (Å²) in [5, 5.41) is 17.5. The molecule has 0 bridgehead atoms. The Labute approximate surface area is 142 Å². The fraction of sp³-hybridized carbons (Fsp3) is 0.133. The summed E-state index contributed by atoms with van der Waals surface area (Å²) in [5.41, 5.74) is 1.12. The van der Waals surface area contributed by atoms with E-state index in [2.05, 4.69) is 21.2 Å². The third-order valence-electron chi connectivity index (χ3n) is 3.12. The van der Waals surface area contributed by atoms with E-state index in [1.54, 1.807) is 24.3 Å². The van der Waals surface area contributed by atoms with Crippen molar-refractivity contribution in [1.29, 1.82) is 0 Å². The summed E-state index contributed by atoms with van der Waals surface area (Å²) in [6.45, 7) is 0.166. The molecule has 0 aliphatic heterocycles.